The number of rotatable bonds is 3. The largest absolute Gasteiger partial charge is 0.340 e. The normalized spacial score (nSPS) is 31.3. The molecule has 1 saturated carbocycles. The maximum atomic E-state index is 10.7. The van der Waals surface area contributed by atoms with Crippen LogP contribution in [0.4, 0.5) is 5.95 Å². The van der Waals surface area contributed by atoms with E-state index in [-0.39, 0.29) is 0 Å². The van der Waals surface area contributed by atoms with E-state index in [4.69, 9.17) is 0 Å². The number of aldehydes is 1. The van der Waals surface area contributed by atoms with E-state index in [2.05, 4.69) is 21.8 Å². The number of anilines is 1. The first-order chi connectivity index (χ1) is 7.83. The number of hydrogen-bond acceptors (Lipinski definition) is 4. The van der Waals surface area contributed by atoms with Crippen molar-refractivity contribution < 1.29 is 4.79 Å². The fourth-order valence-corrected chi connectivity index (χ4v) is 2.63. The molecule has 2 fully saturated rings. The highest BCUT2D eigenvalue weighted by Gasteiger charge is 2.56. The highest BCUT2D eigenvalue weighted by Crippen LogP contribution is 2.50. The fraction of sp³-hybridized carbons (Fsp3) is 0.583. The molecule has 1 aliphatic carbocycles. The molecule has 1 aromatic heterocycles. The zero-order chi connectivity index (χ0) is 11.1. The van der Waals surface area contributed by atoms with Gasteiger partial charge in [0.2, 0.25) is 5.95 Å². The van der Waals surface area contributed by atoms with Crippen LogP contribution in [0.3, 0.4) is 0 Å². The Bertz CT molecular complexity index is 391. The number of piperidine rings is 1. The second-order valence-electron chi connectivity index (χ2n) is 4.69. The van der Waals surface area contributed by atoms with Crippen LogP contribution in [0.2, 0.25) is 0 Å². The van der Waals surface area contributed by atoms with Crippen LogP contribution in [-0.4, -0.2) is 29.3 Å². The molecule has 0 amide bonds. The zero-order valence-electron chi connectivity index (χ0n) is 9.34. The van der Waals surface area contributed by atoms with Crippen LogP contribution in [0.15, 0.2) is 12.4 Å². The average molecular weight is 217 g/mol. The van der Waals surface area contributed by atoms with Gasteiger partial charge < -0.3 is 9.69 Å². The molecule has 0 spiro atoms. The van der Waals surface area contributed by atoms with Gasteiger partial charge in [0.1, 0.15) is 6.29 Å². The molecular weight excluding hydrogens is 202 g/mol. The van der Waals surface area contributed by atoms with Crippen molar-refractivity contribution in [2.45, 2.75) is 13.3 Å². The molecule has 16 heavy (non-hydrogen) atoms. The molecule has 4 heteroatoms. The van der Waals surface area contributed by atoms with Gasteiger partial charge in [-0.3, -0.25) is 0 Å². The van der Waals surface area contributed by atoms with Gasteiger partial charge in [0.15, 0.2) is 0 Å². The SMILES string of the molecule is CCc1cnc(N2CC3C(C=O)[C@H]3C2)nc1. The molecule has 0 aromatic carbocycles. The lowest BCUT2D eigenvalue weighted by atomic mass is 10.3. The van der Waals surface area contributed by atoms with Crippen LogP contribution in [0.5, 0.6) is 0 Å². The first-order valence-corrected chi connectivity index (χ1v) is 5.84. The molecule has 3 rings (SSSR count). The molecule has 1 aliphatic heterocycles. The minimum Gasteiger partial charge on any atom is -0.340 e. The first-order valence-electron chi connectivity index (χ1n) is 5.84. The van der Waals surface area contributed by atoms with Gasteiger partial charge in [-0.05, 0) is 23.8 Å². The number of hydrogen-bond donors (Lipinski definition) is 0. The van der Waals surface area contributed by atoms with E-state index in [0.29, 0.717) is 17.8 Å². The van der Waals surface area contributed by atoms with Crippen LogP contribution in [0.25, 0.3) is 0 Å². The Morgan fingerprint density at radius 3 is 2.50 bits per heavy atom. The van der Waals surface area contributed by atoms with Crippen molar-refractivity contribution in [1.29, 1.82) is 0 Å². The Morgan fingerprint density at radius 1 is 1.38 bits per heavy atom. The van der Waals surface area contributed by atoms with E-state index in [1.54, 1.807) is 0 Å². The third-order valence-electron chi connectivity index (χ3n) is 3.80. The molecule has 2 heterocycles. The number of carbonyl (C=O) groups excluding carboxylic acids is 1. The van der Waals surface area contributed by atoms with Gasteiger partial charge in [-0.2, -0.15) is 0 Å². The lowest BCUT2D eigenvalue weighted by Crippen LogP contribution is -2.26. The highest BCUT2D eigenvalue weighted by molar-refractivity contribution is 5.61. The quantitative estimate of drug-likeness (QED) is 0.706. The average Bonchev–Trinajstić information content (AvgIpc) is 2.81. The summed E-state index contributed by atoms with van der Waals surface area (Å²) in [4.78, 5) is 21.6. The molecule has 1 aromatic rings. The Hall–Kier alpha value is -1.45. The Morgan fingerprint density at radius 2 is 2.00 bits per heavy atom. The van der Waals surface area contributed by atoms with E-state index in [9.17, 15) is 4.79 Å². The molecular formula is C12H15N3O. The maximum absolute atomic E-state index is 10.7. The summed E-state index contributed by atoms with van der Waals surface area (Å²) in [5, 5.41) is 0. The number of aryl methyl sites for hydroxylation is 1. The van der Waals surface area contributed by atoms with Crippen molar-refractivity contribution in [2.24, 2.45) is 17.8 Å². The maximum Gasteiger partial charge on any atom is 0.225 e. The van der Waals surface area contributed by atoms with Crippen LogP contribution >= 0.6 is 0 Å². The molecule has 3 atom stereocenters. The van der Waals surface area contributed by atoms with E-state index >= 15 is 0 Å². The summed E-state index contributed by atoms with van der Waals surface area (Å²) >= 11 is 0. The van der Waals surface area contributed by atoms with Crippen molar-refractivity contribution in [3.05, 3.63) is 18.0 Å². The monoisotopic (exact) mass is 217 g/mol. The van der Waals surface area contributed by atoms with Crippen molar-refractivity contribution in [2.75, 3.05) is 18.0 Å². The summed E-state index contributed by atoms with van der Waals surface area (Å²) in [6, 6.07) is 0. The predicted octanol–water partition coefficient (Wildman–Crippen LogP) is 0.920. The summed E-state index contributed by atoms with van der Waals surface area (Å²) in [6.07, 6.45) is 5.86. The predicted molar refractivity (Wildman–Crippen MR) is 60.2 cm³/mol. The lowest BCUT2D eigenvalue weighted by molar-refractivity contribution is -0.109. The fourth-order valence-electron chi connectivity index (χ4n) is 2.63. The van der Waals surface area contributed by atoms with E-state index in [0.717, 1.165) is 31.7 Å². The Labute approximate surface area is 94.7 Å². The summed E-state index contributed by atoms with van der Waals surface area (Å²) in [5.41, 5.74) is 1.17. The minimum absolute atomic E-state index is 0.311. The van der Waals surface area contributed by atoms with Crippen molar-refractivity contribution >= 4 is 12.2 Å². The van der Waals surface area contributed by atoms with Crippen LogP contribution in [0, 0.1) is 17.8 Å². The standard InChI is InChI=1S/C12H15N3O/c1-2-8-3-13-12(14-4-8)15-5-9-10(6-15)11(9)7-16/h3-4,7,9-11H,2,5-6H2,1H3/t9-,10?,11?/m0/s1. The molecule has 0 radical (unpaired) electrons. The number of aromatic nitrogens is 2. The van der Waals surface area contributed by atoms with Gasteiger partial charge >= 0.3 is 0 Å². The second kappa shape index (κ2) is 3.54. The van der Waals surface area contributed by atoms with Gasteiger partial charge in [0.25, 0.3) is 0 Å². The van der Waals surface area contributed by atoms with Gasteiger partial charge in [-0.1, -0.05) is 6.92 Å². The molecule has 0 N–H and O–H groups in total. The van der Waals surface area contributed by atoms with E-state index < -0.39 is 0 Å². The molecule has 2 aliphatic rings. The highest BCUT2D eigenvalue weighted by atomic mass is 16.1. The van der Waals surface area contributed by atoms with Gasteiger partial charge in [0.05, 0.1) is 0 Å². The molecule has 4 nitrogen and oxygen atoms in total. The summed E-state index contributed by atoms with van der Waals surface area (Å²) in [6.45, 7) is 3.98. The number of nitrogens with zero attached hydrogens (tertiary/aromatic N) is 3. The van der Waals surface area contributed by atoms with Crippen LogP contribution in [-0.2, 0) is 11.2 Å². The summed E-state index contributed by atoms with van der Waals surface area (Å²) in [5.74, 6) is 2.25. The smallest absolute Gasteiger partial charge is 0.225 e. The first kappa shape index (κ1) is 9.75. The second-order valence-corrected chi connectivity index (χ2v) is 4.69. The van der Waals surface area contributed by atoms with Gasteiger partial charge in [-0.25, -0.2) is 9.97 Å². The molecule has 0 bridgehead atoms. The summed E-state index contributed by atoms with van der Waals surface area (Å²) in [7, 11) is 0. The Kier molecular flexibility index (Phi) is 2.16. The van der Waals surface area contributed by atoms with Gasteiger partial charge in [-0.15, -0.1) is 0 Å². The van der Waals surface area contributed by atoms with Crippen LogP contribution < -0.4 is 4.90 Å². The Balaban J connectivity index is 1.69. The third kappa shape index (κ3) is 1.40. The minimum atomic E-state index is 0.311. The number of carbonyl (C=O) groups is 1. The molecule has 1 saturated heterocycles. The van der Waals surface area contributed by atoms with Crippen molar-refractivity contribution in [1.82, 2.24) is 9.97 Å². The topological polar surface area (TPSA) is 46.1 Å². The van der Waals surface area contributed by atoms with Gasteiger partial charge in [0, 0.05) is 31.4 Å². The zero-order valence-corrected chi connectivity index (χ0v) is 9.34. The van der Waals surface area contributed by atoms with Crippen LogP contribution in [0.1, 0.15) is 12.5 Å². The van der Waals surface area contributed by atoms with E-state index in [1.807, 2.05) is 12.4 Å². The van der Waals surface area contributed by atoms with Crippen molar-refractivity contribution in [3.63, 3.8) is 0 Å². The van der Waals surface area contributed by atoms with Crippen molar-refractivity contribution in [3.8, 4) is 0 Å². The molecule has 84 valence electrons. The molecule has 2 unspecified atom stereocenters. The number of fused-ring (bicyclic) bond motifs is 1. The third-order valence-corrected chi connectivity index (χ3v) is 3.80. The summed E-state index contributed by atoms with van der Waals surface area (Å²) < 4.78 is 0. The lowest BCUT2D eigenvalue weighted by Gasteiger charge is -2.18. The van der Waals surface area contributed by atoms with E-state index in [1.165, 1.54) is 5.56 Å².